The Hall–Kier alpha value is -1.16. The predicted molar refractivity (Wildman–Crippen MR) is 80.9 cm³/mol. The molecule has 1 aromatic rings. The van der Waals surface area contributed by atoms with E-state index in [9.17, 15) is 4.79 Å². The predicted octanol–water partition coefficient (Wildman–Crippen LogP) is 3.56. The first-order chi connectivity index (χ1) is 9.65. The van der Waals surface area contributed by atoms with Gasteiger partial charge in [-0.05, 0) is 32.3 Å². The van der Waals surface area contributed by atoms with Crippen molar-refractivity contribution in [3.63, 3.8) is 0 Å². The third kappa shape index (κ3) is 4.75. The topological polar surface area (TPSA) is 44.1 Å². The van der Waals surface area contributed by atoms with E-state index in [0.29, 0.717) is 19.1 Å². The maximum atomic E-state index is 12.2. The Morgan fingerprint density at radius 2 is 2.00 bits per heavy atom. The molecule has 0 amide bonds. The van der Waals surface area contributed by atoms with Crippen LogP contribution in [0.2, 0.25) is 0 Å². The third-order valence-corrected chi connectivity index (χ3v) is 3.61. The molecule has 0 bridgehead atoms. The van der Waals surface area contributed by atoms with Gasteiger partial charge >= 0.3 is 0 Å². The Balaban J connectivity index is 2.65. The Bertz CT molecular complexity index is 391. The van der Waals surface area contributed by atoms with Crippen LogP contribution in [0.25, 0.3) is 0 Å². The lowest BCUT2D eigenvalue weighted by atomic mass is 10.1. The van der Waals surface area contributed by atoms with Crippen LogP contribution in [-0.4, -0.2) is 28.3 Å². The number of hydrogen-bond acceptors (Lipinski definition) is 3. The zero-order chi connectivity index (χ0) is 15.0. The van der Waals surface area contributed by atoms with Crippen LogP contribution in [0.5, 0.6) is 0 Å². The molecule has 1 heterocycles. The summed E-state index contributed by atoms with van der Waals surface area (Å²) in [6, 6.07) is 2.38. The van der Waals surface area contributed by atoms with Gasteiger partial charge in [0.25, 0.3) is 0 Å². The number of nitrogens with zero attached hydrogens (tertiary/aromatic N) is 2. The molecule has 114 valence electrons. The van der Waals surface area contributed by atoms with Crippen molar-refractivity contribution in [2.75, 3.05) is 6.61 Å². The summed E-state index contributed by atoms with van der Waals surface area (Å²) < 4.78 is 7.51. The molecule has 0 saturated carbocycles. The highest BCUT2D eigenvalue weighted by atomic mass is 16.5. The van der Waals surface area contributed by atoms with E-state index in [4.69, 9.17) is 4.74 Å². The highest BCUT2D eigenvalue weighted by molar-refractivity contribution is 5.84. The van der Waals surface area contributed by atoms with Crippen LogP contribution < -0.4 is 0 Å². The average molecular weight is 280 g/mol. The minimum atomic E-state index is -0.275. The minimum absolute atomic E-state index is 0.142. The van der Waals surface area contributed by atoms with Gasteiger partial charge in [-0.25, -0.2) is 0 Å². The van der Waals surface area contributed by atoms with Crippen molar-refractivity contribution in [2.45, 2.75) is 71.9 Å². The van der Waals surface area contributed by atoms with Gasteiger partial charge in [0.2, 0.25) is 0 Å². The molecular formula is C16H28N2O2. The Morgan fingerprint density at radius 3 is 2.55 bits per heavy atom. The van der Waals surface area contributed by atoms with E-state index >= 15 is 0 Å². The van der Waals surface area contributed by atoms with Gasteiger partial charge in [0.15, 0.2) is 5.78 Å². The van der Waals surface area contributed by atoms with Gasteiger partial charge in [-0.1, -0.05) is 27.2 Å². The summed E-state index contributed by atoms with van der Waals surface area (Å²) in [6.07, 6.45) is 5.95. The van der Waals surface area contributed by atoms with Crippen molar-refractivity contribution in [3.8, 4) is 0 Å². The summed E-state index contributed by atoms with van der Waals surface area (Å²) in [4.78, 5) is 12.2. The lowest BCUT2D eigenvalue weighted by Gasteiger charge is -2.14. The molecule has 1 aromatic heterocycles. The van der Waals surface area contributed by atoms with Gasteiger partial charge in [0, 0.05) is 12.8 Å². The highest BCUT2D eigenvalue weighted by Gasteiger charge is 2.19. The van der Waals surface area contributed by atoms with Crippen LogP contribution in [0.4, 0.5) is 0 Å². The molecule has 0 aliphatic heterocycles. The quantitative estimate of drug-likeness (QED) is 0.658. The van der Waals surface area contributed by atoms with Crippen LogP contribution >= 0.6 is 0 Å². The molecule has 0 aliphatic carbocycles. The molecule has 1 unspecified atom stereocenters. The largest absolute Gasteiger partial charge is 0.371 e. The molecule has 0 aromatic carbocycles. The van der Waals surface area contributed by atoms with E-state index in [1.807, 2.05) is 23.9 Å². The van der Waals surface area contributed by atoms with Gasteiger partial charge in [-0.2, -0.15) is 5.10 Å². The van der Waals surface area contributed by atoms with E-state index in [0.717, 1.165) is 31.4 Å². The average Bonchev–Trinajstić information content (AvgIpc) is 2.88. The first kappa shape index (κ1) is 16.9. The number of Topliss-reactive ketones (excluding diaryl/α,β-unsaturated/α-hetero) is 1. The van der Waals surface area contributed by atoms with Crippen LogP contribution in [0, 0.1) is 0 Å². The van der Waals surface area contributed by atoms with Crippen LogP contribution in [0.15, 0.2) is 12.3 Å². The number of ketones is 1. The maximum absolute atomic E-state index is 12.2. The van der Waals surface area contributed by atoms with E-state index in [1.165, 1.54) is 0 Å². The Labute approximate surface area is 122 Å². The smallest absolute Gasteiger partial charge is 0.167 e. The third-order valence-electron chi connectivity index (χ3n) is 3.61. The van der Waals surface area contributed by atoms with E-state index in [1.54, 1.807) is 0 Å². The van der Waals surface area contributed by atoms with Crippen LogP contribution in [0.1, 0.15) is 65.1 Å². The fourth-order valence-corrected chi connectivity index (χ4v) is 2.43. The first-order valence-corrected chi connectivity index (χ1v) is 7.84. The van der Waals surface area contributed by atoms with Crippen LogP contribution in [0.3, 0.4) is 0 Å². The van der Waals surface area contributed by atoms with Crippen LogP contribution in [-0.2, 0) is 16.0 Å². The zero-order valence-corrected chi connectivity index (χ0v) is 13.3. The molecule has 0 fully saturated rings. The first-order valence-electron chi connectivity index (χ1n) is 7.84. The second kappa shape index (κ2) is 8.90. The molecule has 4 nitrogen and oxygen atoms in total. The monoisotopic (exact) mass is 280 g/mol. The maximum Gasteiger partial charge on any atom is 0.167 e. The molecule has 0 N–H and O–H groups in total. The molecule has 4 heteroatoms. The molecular weight excluding hydrogens is 252 g/mol. The van der Waals surface area contributed by atoms with Crippen molar-refractivity contribution in [1.29, 1.82) is 0 Å². The molecule has 0 aliphatic rings. The van der Waals surface area contributed by atoms with Gasteiger partial charge < -0.3 is 4.74 Å². The van der Waals surface area contributed by atoms with Crippen molar-refractivity contribution in [1.82, 2.24) is 9.78 Å². The van der Waals surface area contributed by atoms with Crippen molar-refractivity contribution in [2.24, 2.45) is 0 Å². The molecule has 1 atom stereocenters. The molecule has 0 radical (unpaired) electrons. The van der Waals surface area contributed by atoms with Crippen molar-refractivity contribution >= 4 is 5.78 Å². The van der Waals surface area contributed by atoms with E-state index in [2.05, 4.69) is 25.9 Å². The molecule has 20 heavy (non-hydrogen) atoms. The van der Waals surface area contributed by atoms with Gasteiger partial charge in [0.1, 0.15) is 6.10 Å². The summed E-state index contributed by atoms with van der Waals surface area (Å²) >= 11 is 0. The summed E-state index contributed by atoms with van der Waals surface area (Å²) in [6.45, 7) is 8.90. The molecule has 0 spiro atoms. The summed E-state index contributed by atoms with van der Waals surface area (Å²) in [5, 5.41) is 4.54. The minimum Gasteiger partial charge on any atom is -0.371 e. The standard InChI is InChI=1S/C16H28N2O2/c1-5-9-16(20-8-4)15(19)12-13-10-11-18(17-13)14(6-2)7-3/h10-11,14,16H,5-9,12H2,1-4H3. The normalized spacial score (nSPS) is 12.8. The fourth-order valence-electron chi connectivity index (χ4n) is 2.43. The number of aromatic nitrogens is 2. The second-order valence-corrected chi connectivity index (χ2v) is 5.13. The number of carbonyl (C=O) groups excluding carboxylic acids is 1. The highest BCUT2D eigenvalue weighted by Crippen LogP contribution is 2.15. The molecule has 0 saturated heterocycles. The number of rotatable bonds is 10. The second-order valence-electron chi connectivity index (χ2n) is 5.13. The van der Waals surface area contributed by atoms with Gasteiger partial charge in [-0.15, -0.1) is 0 Å². The summed E-state index contributed by atoms with van der Waals surface area (Å²) in [5.41, 5.74) is 0.850. The zero-order valence-electron chi connectivity index (χ0n) is 13.3. The number of carbonyl (C=O) groups is 1. The Kier molecular flexibility index (Phi) is 7.52. The van der Waals surface area contributed by atoms with Gasteiger partial charge in [0.05, 0.1) is 18.2 Å². The summed E-state index contributed by atoms with van der Waals surface area (Å²) in [5.74, 6) is 0.142. The summed E-state index contributed by atoms with van der Waals surface area (Å²) in [7, 11) is 0. The SMILES string of the molecule is CCCC(OCC)C(=O)Cc1ccn(C(CC)CC)n1. The van der Waals surface area contributed by atoms with E-state index < -0.39 is 0 Å². The van der Waals surface area contributed by atoms with Gasteiger partial charge in [-0.3, -0.25) is 9.48 Å². The van der Waals surface area contributed by atoms with E-state index in [-0.39, 0.29) is 11.9 Å². The van der Waals surface area contributed by atoms with Crippen molar-refractivity contribution in [3.05, 3.63) is 18.0 Å². The fraction of sp³-hybridized carbons (Fsp3) is 0.750. The Morgan fingerprint density at radius 1 is 1.30 bits per heavy atom. The van der Waals surface area contributed by atoms with Crippen molar-refractivity contribution < 1.29 is 9.53 Å². The lowest BCUT2D eigenvalue weighted by Crippen LogP contribution is -2.26. The number of ether oxygens (including phenoxy) is 1. The molecule has 1 rings (SSSR count). The lowest BCUT2D eigenvalue weighted by molar-refractivity contribution is -0.130. The number of hydrogen-bond donors (Lipinski definition) is 0.